The minimum atomic E-state index is -0.00361. The van der Waals surface area contributed by atoms with E-state index in [0.29, 0.717) is 25.1 Å². The first-order valence-corrected chi connectivity index (χ1v) is 6.60. The van der Waals surface area contributed by atoms with Gasteiger partial charge in [0.25, 0.3) is 5.91 Å². The summed E-state index contributed by atoms with van der Waals surface area (Å²) in [5.41, 5.74) is 1.57. The van der Waals surface area contributed by atoms with E-state index in [1.807, 2.05) is 38.1 Å². The van der Waals surface area contributed by atoms with Crippen LogP contribution in [0, 0.1) is 0 Å². The third-order valence-electron chi connectivity index (χ3n) is 2.99. The lowest BCUT2D eigenvalue weighted by molar-refractivity contribution is 0.0688. The molecule has 106 valence electrons. The molecule has 1 N–H and O–H groups in total. The third kappa shape index (κ3) is 4.33. The summed E-state index contributed by atoms with van der Waals surface area (Å²) in [6.45, 7) is 5.04. The number of rotatable bonds is 7. The molecule has 4 heteroatoms. The third-order valence-corrected chi connectivity index (χ3v) is 2.99. The fraction of sp³-hybridized carbons (Fsp3) is 0.533. The molecule has 1 amide bonds. The average molecular weight is 265 g/mol. The summed E-state index contributed by atoms with van der Waals surface area (Å²) in [5, 5.41) is 8.93. The molecule has 0 fully saturated rings. The zero-order valence-electron chi connectivity index (χ0n) is 11.9. The first-order chi connectivity index (χ1) is 9.11. The number of aliphatic hydroxyl groups is 1. The molecule has 0 unspecified atom stereocenters. The monoisotopic (exact) mass is 265 g/mol. The van der Waals surface area contributed by atoms with Crippen LogP contribution in [0.3, 0.4) is 0 Å². The van der Waals surface area contributed by atoms with E-state index < -0.39 is 0 Å². The van der Waals surface area contributed by atoms with Crippen LogP contribution in [0.5, 0.6) is 0 Å². The summed E-state index contributed by atoms with van der Waals surface area (Å²) >= 11 is 0. The highest BCUT2D eigenvalue weighted by Gasteiger charge is 2.20. The lowest BCUT2D eigenvalue weighted by atomic mass is 10.1. The minimum absolute atomic E-state index is 0.00361. The fourth-order valence-electron chi connectivity index (χ4n) is 2.00. The van der Waals surface area contributed by atoms with Crippen LogP contribution in [0.1, 0.15) is 36.2 Å². The Kier molecular flexibility index (Phi) is 6.53. The Morgan fingerprint density at radius 2 is 2.05 bits per heavy atom. The molecule has 0 atom stereocenters. The fourth-order valence-corrected chi connectivity index (χ4v) is 2.00. The van der Waals surface area contributed by atoms with Crippen LogP contribution in [0.25, 0.3) is 0 Å². The Bertz CT molecular complexity index is 404. The van der Waals surface area contributed by atoms with Gasteiger partial charge < -0.3 is 14.7 Å². The van der Waals surface area contributed by atoms with E-state index in [1.165, 1.54) is 0 Å². The van der Waals surface area contributed by atoms with Gasteiger partial charge in [0.1, 0.15) is 0 Å². The molecule has 4 nitrogen and oxygen atoms in total. The molecule has 0 aliphatic rings. The van der Waals surface area contributed by atoms with Crippen molar-refractivity contribution in [2.45, 2.75) is 32.9 Å². The zero-order chi connectivity index (χ0) is 14.3. The first kappa shape index (κ1) is 15.7. The second kappa shape index (κ2) is 7.92. The van der Waals surface area contributed by atoms with E-state index in [1.54, 1.807) is 12.0 Å². The van der Waals surface area contributed by atoms with E-state index in [2.05, 4.69) is 0 Å². The van der Waals surface area contributed by atoms with Crippen LogP contribution in [0.15, 0.2) is 24.3 Å². The number of nitrogens with zero attached hydrogens (tertiary/aromatic N) is 1. The molecule has 19 heavy (non-hydrogen) atoms. The van der Waals surface area contributed by atoms with Crippen molar-refractivity contribution in [2.75, 3.05) is 20.3 Å². The number of hydrogen-bond donors (Lipinski definition) is 1. The lowest BCUT2D eigenvalue weighted by Gasteiger charge is -2.27. The van der Waals surface area contributed by atoms with E-state index in [4.69, 9.17) is 9.84 Å². The first-order valence-electron chi connectivity index (χ1n) is 6.60. The van der Waals surface area contributed by atoms with Crippen molar-refractivity contribution in [2.24, 2.45) is 0 Å². The number of aliphatic hydroxyl groups excluding tert-OH is 1. The molecule has 0 aromatic heterocycles. The number of amides is 1. The topological polar surface area (TPSA) is 49.8 Å². The number of carbonyl (C=O) groups is 1. The van der Waals surface area contributed by atoms with Gasteiger partial charge in [-0.25, -0.2) is 0 Å². The van der Waals surface area contributed by atoms with Crippen molar-refractivity contribution >= 4 is 5.91 Å². The highest BCUT2D eigenvalue weighted by molar-refractivity contribution is 5.95. The van der Waals surface area contributed by atoms with Gasteiger partial charge in [-0.1, -0.05) is 18.2 Å². The number of ether oxygens (including phenoxy) is 1. The largest absolute Gasteiger partial charge is 0.396 e. The molecule has 0 aliphatic heterocycles. The Morgan fingerprint density at radius 3 is 2.63 bits per heavy atom. The Morgan fingerprint density at radius 1 is 1.37 bits per heavy atom. The van der Waals surface area contributed by atoms with E-state index in [0.717, 1.165) is 5.56 Å². The van der Waals surface area contributed by atoms with Crippen LogP contribution in [-0.2, 0) is 11.3 Å². The second-order valence-corrected chi connectivity index (χ2v) is 4.76. The molecular formula is C15H23NO3. The van der Waals surface area contributed by atoms with Crippen molar-refractivity contribution in [1.82, 2.24) is 4.90 Å². The van der Waals surface area contributed by atoms with Crippen LogP contribution >= 0.6 is 0 Å². The van der Waals surface area contributed by atoms with Crippen molar-refractivity contribution in [3.8, 4) is 0 Å². The summed E-state index contributed by atoms with van der Waals surface area (Å²) in [5.74, 6) is -0.00361. The maximum Gasteiger partial charge on any atom is 0.254 e. The maximum atomic E-state index is 12.6. The standard InChI is InChI=1S/C15H23NO3/c1-12(2)16(9-6-10-17)15(18)14-8-5-4-7-13(14)11-19-3/h4-5,7-8,12,17H,6,9-11H2,1-3H3. The van der Waals surface area contributed by atoms with Gasteiger partial charge in [-0.2, -0.15) is 0 Å². The molecule has 0 saturated carbocycles. The summed E-state index contributed by atoms with van der Waals surface area (Å²) in [6.07, 6.45) is 0.594. The summed E-state index contributed by atoms with van der Waals surface area (Å²) in [7, 11) is 1.62. The Balaban J connectivity index is 2.95. The Labute approximate surface area is 115 Å². The normalized spacial score (nSPS) is 10.8. The van der Waals surface area contributed by atoms with E-state index in [9.17, 15) is 4.79 Å². The summed E-state index contributed by atoms with van der Waals surface area (Å²) in [6, 6.07) is 7.59. The van der Waals surface area contributed by atoms with Gasteiger partial charge >= 0.3 is 0 Å². The van der Waals surface area contributed by atoms with Crippen LogP contribution < -0.4 is 0 Å². The van der Waals surface area contributed by atoms with Crippen LogP contribution in [-0.4, -0.2) is 42.2 Å². The van der Waals surface area contributed by atoms with E-state index in [-0.39, 0.29) is 18.6 Å². The molecule has 0 radical (unpaired) electrons. The van der Waals surface area contributed by atoms with Gasteiger partial charge in [-0.15, -0.1) is 0 Å². The number of hydrogen-bond acceptors (Lipinski definition) is 3. The summed E-state index contributed by atoms with van der Waals surface area (Å²) in [4.78, 5) is 14.4. The number of benzene rings is 1. The molecule has 0 heterocycles. The molecular weight excluding hydrogens is 242 g/mol. The molecule has 0 spiro atoms. The highest BCUT2D eigenvalue weighted by atomic mass is 16.5. The molecule has 1 aromatic carbocycles. The molecule has 0 saturated heterocycles. The molecule has 1 aromatic rings. The van der Waals surface area contributed by atoms with Crippen molar-refractivity contribution in [1.29, 1.82) is 0 Å². The molecule has 1 rings (SSSR count). The average Bonchev–Trinajstić information content (AvgIpc) is 2.39. The quantitative estimate of drug-likeness (QED) is 0.821. The maximum absolute atomic E-state index is 12.6. The molecule has 0 bridgehead atoms. The van der Waals surface area contributed by atoms with Gasteiger partial charge in [0, 0.05) is 31.9 Å². The number of carbonyl (C=O) groups excluding carboxylic acids is 1. The number of methoxy groups -OCH3 is 1. The van der Waals surface area contributed by atoms with Gasteiger partial charge in [-0.05, 0) is 31.9 Å². The van der Waals surface area contributed by atoms with Gasteiger partial charge in [-0.3, -0.25) is 4.79 Å². The highest BCUT2D eigenvalue weighted by Crippen LogP contribution is 2.15. The predicted molar refractivity (Wildman–Crippen MR) is 75.0 cm³/mol. The smallest absolute Gasteiger partial charge is 0.254 e. The van der Waals surface area contributed by atoms with Crippen molar-refractivity contribution in [3.63, 3.8) is 0 Å². The van der Waals surface area contributed by atoms with Crippen molar-refractivity contribution < 1.29 is 14.6 Å². The Hall–Kier alpha value is -1.39. The van der Waals surface area contributed by atoms with Crippen molar-refractivity contribution in [3.05, 3.63) is 35.4 Å². The predicted octanol–water partition coefficient (Wildman–Crippen LogP) is 2.07. The second-order valence-electron chi connectivity index (χ2n) is 4.76. The summed E-state index contributed by atoms with van der Waals surface area (Å²) < 4.78 is 5.13. The van der Waals surface area contributed by atoms with Gasteiger partial charge in [0.2, 0.25) is 0 Å². The zero-order valence-corrected chi connectivity index (χ0v) is 11.9. The van der Waals surface area contributed by atoms with Gasteiger partial charge in [0.05, 0.1) is 6.61 Å². The molecule has 0 aliphatic carbocycles. The van der Waals surface area contributed by atoms with Gasteiger partial charge in [0.15, 0.2) is 0 Å². The van der Waals surface area contributed by atoms with Crippen LogP contribution in [0.2, 0.25) is 0 Å². The minimum Gasteiger partial charge on any atom is -0.396 e. The van der Waals surface area contributed by atoms with E-state index >= 15 is 0 Å². The van der Waals surface area contributed by atoms with Crippen LogP contribution in [0.4, 0.5) is 0 Å². The lowest BCUT2D eigenvalue weighted by Crippen LogP contribution is -2.38. The SMILES string of the molecule is COCc1ccccc1C(=O)N(CCCO)C(C)C.